The number of benzene rings is 1. The highest BCUT2D eigenvalue weighted by molar-refractivity contribution is 7.19. The Labute approximate surface area is 207 Å². The molecule has 1 amide bonds. The second-order valence-corrected chi connectivity index (χ2v) is 9.51. The molecule has 2 saturated heterocycles. The van der Waals surface area contributed by atoms with Crippen LogP contribution >= 0.6 is 11.3 Å². The van der Waals surface area contributed by atoms with Crippen molar-refractivity contribution in [1.29, 1.82) is 0 Å². The van der Waals surface area contributed by atoms with Gasteiger partial charge in [0.2, 0.25) is 10.3 Å². The molecular formula is C23H28N8O3S. The van der Waals surface area contributed by atoms with Gasteiger partial charge in [-0.2, -0.15) is 5.10 Å². The standard InChI is InChI=1S/C23H28N8O3S/c1-33-18-13-31(14-18)17-6-3-5-15(11-17)20(34-2)21(32)26-23-29-28-22(35-23)25-16-8-10-30(12-16)19-7-4-9-24-27-19/h3-7,9,11,16,18,20H,8,10,12-14H2,1-2H3,(H,25,28)(H,26,29,32)/t16-,20+/m1/s1. The second-order valence-electron chi connectivity index (χ2n) is 8.53. The first-order valence-corrected chi connectivity index (χ1v) is 12.3. The van der Waals surface area contributed by atoms with Crippen LogP contribution in [0.15, 0.2) is 42.6 Å². The molecule has 4 heterocycles. The Morgan fingerprint density at radius 3 is 2.71 bits per heavy atom. The number of methoxy groups -OCH3 is 2. The minimum atomic E-state index is -0.759. The third kappa shape index (κ3) is 5.34. The van der Waals surface area contributed by atoms with Crippen LogP contribution in [0.4, 0.5) is 21.8 Å². The average Bonchev–Trinajstić information content (AvgIpc) is 3.50. The topological polar surface area (TPSA) is 118 Å². The molecule has 0 radical (unpaired) electrons. The fraction of sp³-hybridized carbons (Fsp3) is 0.435. The molecule has 11 nitrogen and oxygen atoms in total. The summed E-state index contributed by atoms with van der Waals surface area (Å²) in [6, 6.07) is 11.9. The molecule has 2 N–H and O–H groups in total. The lowest BCUT2D eigenvalue weighted by atomic mass is 10.0. The van der Waals surface area contributed by atoms with Gasteiger partial charge in [-0.05, 0) is 36.2 Å². The van der Waals surface area contributed by atoms with Gasteiger partial charge in [0.1, 0.15) is 0 Å². The molecule has 0 aliphatic carbocycles. The van der Waals surface area contributed by atoms with Gasteiger partial charge in [-0.3, -0.25) is 10.1 Å². The van der Waals surface area contributed by atoms with Crippen LogP contribution in [0.5, 0.6) is 0 Å². The molecule has 0 unspecified atom stereocenters. The van der Waals surface area contributed by atoms with Crippen molar-refractivity contribution in [3.05, 3.63) is 48.2 Å². The van der Waals surface area contributed by atoms with E-state index in [0.29, 0.717) is 10.3 Å². The molecule has 2 aromatic heterocycles. The SMILES string of the molecule is COC1CN(c2cccc([C@H](OC)C(=O)Nc3nnc(N[C@@H]4CCN(c5cccnn5)C4)s3)c2)C1. The summed E-state index contributed by atoms with van der Waals surface area (Å²) in [4.78, 5) is 17.4. The normalized spacial score (nSPS) is 18.9. The summed E-state index contributed by atoms with van der Waals surface area (Å²) >= 11 is 1.30. The van der Waals surface area contributed by atoms with Crippen molar-refractivity contribution in [1.82, 2.24) is 20.4 Å². The monoisotopic (exact) mass is 496 g/mol. The molecule has 0 saturated carbocycles. The second kappa shape index (κ2) is 10.5. The molecule has 35 heavy (non-hydrogen) atoms. The van der Waals surface area contributed by atoms with Crippen LogP contribution in [-0.4, -0.2) is 78.8 Å². The molecule has 3 aromatic rings. The van der Waals surface area contributed by atoms with E-state index in [1.165, 1.54) is 18.4 Å². The summed E-state index contributed by atoms with van der Waals surface area (Å²) in [5.74, 6) is 0.574. The zero-order valence-electron chi connectivity index (χ0n) is 19.6. The summed E-state index contributed by atoms with van der Waals surface area (Å²) in [7, 11) is 3.25. The average molecular weight is 497 g/mol. The van der Waals surface area contributed by atoms with E-state index >= 15 is 0 Å². The highest BCUT2D eigenvalue weighted by Crippen LogP contribution is 2.29. The van der Waals surface area contributed by atoms with E-state index in [9.17, 15) is 4.79 Å². The van der Waals surface area contributed by atoms with E-state index in [4.69, 9.17) is 9.47 Å². The van der Waals surface area contributed by atoms with E-state index in [0.717, 1.165) is 49.7 Å². The van der Waals surface area contributed by atoms with Gasteiger partial charge in [-0.15, -0.1) is 15.3 Å². The molecule has 12 heteroatoms. The summed E-state index contributed by atoms with van der Waals surface area (Å²) in [5, 5.41) is 23.8. The highest BCUT2D eigenvalue weighted by Gasteiger charge is 2.29. The van der Waals surface area contributed by atoms with E-state index in [2.05, 4.69) is 40.8 Å². The number of rotatable bonds is 9. The molecular weight excluding hydrogens is 468 g/mol. The van der Waals surface area contributed by atoms with Gasteiger partial charge in [0.15, 0.2) is 11.9 Å². The molecule has 2 aliphatic rings. The summed E-state index contributed by atoms with van der Waals surface area (Å²) < 4.78 is 10.9. The Bertz CT molecular complexity index is 1140. The minimum absolute atomic E-state index is 0.210. The summed E-state index contributed by atoms with van der Waals surface area (Å²) in [5.41, 5.74) is 1.82. The maximum absolute atomic E-state index is 13.0. The number of nitrogens with zero attached hydrogens (tertiary/aromatic N) is 6. The van der Waals surface area contributed by atoms with Gasteiger partial charge in [-0.25, -0.2) is 0 Å². The number of anilines is 4. The van der Waals surface area contributed by atoms with E-state index in [1.54, 1.807) is 13.3 Å². The van der Waals surface area contributed by atoms with Crippen molar-refractivity contribution >= 4 is 39.0 Å². The Morgan fingerprint density at radius 2 is 1.94 bits per heavy atom. The number of hydrogen-bond acceptors (Lipinski definition) is 11. The Balaban J connectivity index is 1.17. The summed E-state index contributed by atoms with van der Waals surface area (Å²) in [6.07, 6.45) is 2.10. The number of carbonyl (C=O) groups is 1. The molecule has 0 spiro atoms. The third-order valence-corrected chi connectivity index (χ3v) is 7.02. The molecule has 184 valence electrons. The number of amides is 1. The zero-order valence-corrected chi connectivity index (χ0v) is 20.4. The van der Waals surface area contributed by atoms with Gasteiger partial charge < -0.3 is 24.6 Å². The maximum atomic E-state index is 13.0. The van der Waals surface area contributed by atoms with Crippen molar-refractivity contribution in [2.75, 3.05) is 60.8 Å². The first-order valence-electron chi connectivity index (χ1n) is 11.5. The van der Waals surface area contributed by atoms with Crippen molar-refractivity contribution in [3.63, 3.8) is 0 Å². The van der Waals surface area contributed by atoms with Crippen LogP contribution in [0.1, 0.15) is 18.1 Å². The lowest BCUT2D eigenvalue weighted by Gasteiger charge is -2.40. The van der Waals surface area contributed by atoms with Crippen LogP contribution in [-0.2, 0) is 14.3 Å². The zero-order chi connectivity index (χ0) is 24.2. The summed E-state index contributed by atoms with van der Waals surface area (Å²) in [6.45, 7) is 3.35. The predicted octanol–water partition coefficient (Wildman–Crippen LogP) is 2.18. The predicted molar refractivity (Wildman–Crippen MR) is 134 cm³/mol. The van der Waals surface area contributed by atoms with Crippen LogP contribution in [0.3, 0.4) is 0 Å². The highest BCUT2D eigenvalue weighted by atomic mass is 32.1. The lowest BCUT2D eigenvalue weighted by Crippen LogP contribution is -2.51. The van der Waals surface area contributed by atoms with Crippen LogP contribution in [0.25, 0.3) is 0 Å². The van der Waals surface area contributed by atoms with Crippen LogP contribution < -0.4 is 20.4 Å². The van der Waals surface area contributed by atoms with E-state index in [1.807, 2.05) is 36.4 Å². The van der Waals surface area contributed by atoms with Gasteiger partial charge in [0.25, 0.3) is 5.91 Å². The van der Waals surface area contributed by atoms with Gasteiger partial charge in [0.05, 0.1) is 6.10 Å². The molecule has 1 aromatic carbocycles. The minimum Gasteiger partial charge on any atom is -0.378 e. The molecule has 2 atom stereocenters. The van der Waals surface area contributed by atoms with Crippen molar-refractivity contribution in [2.45, 2.75) is 24.7 Å². The van der Waals surface area contributed by atoms with Crippen molar-refractivity contribution in [3.8, 4) is 0 Å². The molecule has 2 fully saturated rings. The largest absolute Gasteiger partial charge is 0.378 e. The lowest BCUT2D eigenvalue weighted by molar-refractivity contribution is -0.126. The fourth-order valence-electron chi connectivity index (χ4n) is 4.30. The number of carbonyl (C=O) groups excluding carboxylic acids is 1. The quantitative estimate of drug-likeness (QED) is 0.456. The van der Waals surface area contributed by atoms with Crippen molar-refractivity contribution in [2.24, 2.45) is 0 Å². The van der Waals surface area contributed by atoms with Gasteiger partial charge >= 0.3 is 0 Å². The maximum Gasteiger partial charge on any atom is 0.259 e. The molecule has 5 rings (SSSR count). The van der Waals surface area contributed by atoms with Crippen molar-refractivity contribution < 1.29 is 14.3 Å². The van der Waals surface area contributed by atoms with Crippen LogP contribution in [0, 0.1) is 0 Å². The fourth-order valence-corrected chi connectivity index (χ4v) is 5.03. The van der Waals surface area contributed by atoms with E-state index < -0.39 is 6.10 Å². The Hall–Kier alpha value is -3.35. The third-order valence-electron chi connectivity index (χ3n) is 6.25. The number of aromatic nitrogens is 4. The smallest absolute Gasteiger partial charge is 0.259 e. The molecule has 0 bridgehead atoms. The Kier molecular flexibility index (Phi) is 7.02. The number of nitrogens with one attached hydrogen (secondary N) is 2. The number of hydrogen-bond donors (Lipinski definition) is 2. The first-order chi connectivity index (χ1) is 17.1. The van der Waals surface area contributed by atoms with Gasteiger partial charge in [0, 0.05) is 58.3 Å². The molecule has 2 aliphatic heterocycles. The van der Waals surface area contributed by atoms with Gasteiger partial charge in [-0.1, -0.05) is 23.5 Å². The first kappa shape index (κ1) is 23.4. The Morgan fingerprint density at radius 1 is 1.09 bits per heavy atom. The van der Waals surface area contributed by atoms with Crippen LogP contribution in [0.2, 0.25) is 0 Å². The van der Waals surface area contributed by atoms with E-state index in [-0.39, 0.29) is 18.1 Å². The number of ether oxygens (including phenoxy) is 2.